The van der Waals surface area contributed by atoms with Crippen LogP contribution in [0.4, 0.5) is 4.39 Å². The molecule has 0 radical (unpaired) electrons. The summed E-state index contributed by atoms with van der Waals surface area (Å²) in [4.78, 5) is 17.2. The molecule has 1 N–H and O–H groups in total. The van der Waals surface area contributed by atoms with E-state index in [-0.39, 0.29) is 23.0 Å². The van der Waals surface area contributed by atoms with Crippen LogP contribution in [-0.4, -0.2) is 61.0 Å². The van der Waals surface area contributed by atoms with E-state index >= 15 is 0 Å². The van der Waals surface area contributed by atoms with Crippen molar-refractivity contribution in [3.8, 4) is 0 Å². The standard InChI is InChI=1S/C24H29FN4O4S/c1-2-29-22-8-7-20(34(31,32)28-13-15-33-16-14-28)17-21(22)27-23(29)9-10-24(30)26-12-11-18-3-5-19(25)6-4-18/h3-8,17H,2,9-16H2,1H3,(H,26,30). The highest BCUT2D eigenvalue weighted by Gasteiger charge is 2.27. The molecule has 4 rings (SSSR count). The molecule has 34 heavy (non-hydrogen) atoms. The Labute approximate surface area is 198 Å². The van der Waals surface area contributed by atoms with E-state index in [1.807, 2.05) is 11.5 Å². The van der Waals surface area contributed by atoms with Crippen LogP contribution in [-0.2, 0) is 38.9 Å². The fourth-order valence-electron chi connectivity index (χ4n) is 4.11. The zero-order chi connectivity index (χ0) is 24.1. The van der Waals surface area contributed by atoms with Gasteiger partial charge in [0.05, 0.1) is 29.1 Å². The fourth-order valence-corrected chi connectivity index (χ4v) is 5.54. The largest absolute Gasteiger partial charge is 0.379 e. The Kier molecular flexibility index (Phi) is 7.60. The van der Waals surface area contributed by atoms with Crippen LogP contribution in [0.3, 0.4) is 0 Å². The lowest BCUT2D eigenvalue weighted by Gasteiger charge is -2.26. The lowest BCUT2D eigenvalue weighted by Crippen LogP contribution is -2.40. The van der Waals surface area contributed by atoms with E-state index in [2.05, 4.69) is 10.3 Å². The molecule has 1 saturated heterocycles. The van der Waals surface area contributed by atoms with Crippen LogP contribution in [0.5, 0.6) is 0 Å². The summed E-state index contributed by atoms with van der Waals surface area (Å²) in [6, 6.07) is 11.2. The van der Waals surface area contributed by atoms with Gasteiger partial charge >= 0.3 is 0 Å². The molecule has 2 heterocycles. The average molecular weight is 489 g/mol. The van der Waals surface area contributed by atoms with Crippen molar-refractivity contribution in [2.75, 3.05) is 32.8 Å². The van der Waals surface area contributed by atoms with Crippen molar-refractivity contribution in [1.29, 1.82) is 0 Å². The number of nitrogens with one attached hydrogen (secondary N) is 1. The van der Waals surface area contributed by atoms with Gasteiger partial charge in [0.1, 0.15) is 11.6 Å². The zero-order valence-corrected chi connectivity index (χ0v) is 20.0. The second-order valence-electron chi connectivity index (χ2n) is 8.17. The highest BCUT2D eigenvalue weighted by atomic mass is 32.2. The lowest BCUT2D eigenvalue weighted by atomic mass is 10.1. The molecule has 0 spiro atoms. The smallest absolute Gasteiger partial charge is 0.243 e. The maximum atomic E-state index is 13.0. The Balaban J connectivity index is 1.40. The van der Waals surface area contributed by atoms with E-state index in [0.717, 1.165) is 16.9 Å². The Morgan fingerprint density at radius 3 is 2.56 bits per heavy atom. The number of ether oxygens (including phenoxy) is 1. The van der Waals surface area contributed by atoms with E-state index in [0.29, 0.717) is 57.8 Å². The molecule has 2 aromatic carbocycles. The first kappa shape index (κ1) is 24.3. The molecule has 10 heteroatoms. The van der Waals surface area contributed by atoms with E-state index < -0.39 is 10.0 Å². The Morgan fingerprint density at radius 1 is 1.12 bits per heavy atom. The van der Waals surface area contributed by atoms with Gasteiger partial charge in [-0.15, -0.1) is 0 Å². The number of fused-ring (bicyclic) bond motifs is 1. The number of carbonyl (C=O) groups excluding carboxylic acids is 1. The minimum atomic E-state index is -3.61. The van der Waals surface area contributed by atoms with Crippen LogP contribution in [0.15, 0.2) is 47.4 Å². The number of carbonyl (C=O) groups is 1. The van der Waals surface area contributed by atoms with Crippen molar-refractivity contribution >= 4 is 27.0 Å². The van der Waals surface area contributed by atoms with E-state index in [4.69, 9.17) is 4.74 Å². The van der Waals surface area contributed by atoms with Crippen LogP contribution in [0.2, 0.25) is 0 Å². The minimum Gasteiger partial charge on any atom is -0.379 e. The molecule has 1 fully saturated rings. The molecule has 182 valence electrons. The van der Waals surface area contributed by atoms with E-state index in [1.54, 1.807) is 30.3 Å². The summed E-state index contributed by atoms with van der Waals surface area (Å²) in [6.07, 6.45) is 1.34. The van der Waals surface area contributed by atoms with E-state index in [1.165, 1.54) is 16.4 Å². The highest BCUT2D eigenvalue weighted by molar-refractivity contribution is 7.89. The minimum absolute atomic E-state index is 0.0904. The summed E-state index contributed by atoms with van der Waals surface area (Å²) in [5.74, 6) is 0.372. The number of aromatic nitrogens is 2. The van der Waals surface area contributed by atoms with Crippen molar-refractivity contribution in [1.82, 2.24) is 19.2 Å². The molecule has 0 saturated carbocycles. The lowest BCUT2D eigenvalue weighted by molar-refractivity contribution is -0.121. The third kappa shape index (κ3) is 5.45. The SMILES string of the molecule is CCn1c(CCC(=O)NCCc2ccc(F)cc2)nc2cc(S(=O)(=O)N3CCOCC3)ccc21. The topological polar surface area (TPSA) is 93.5 Å². The Bertz CT molecular complexity index is 1250. The number of hydrogen-bond donors (Lipinski definition) is 1. The molecular formula is C24H29FN4O4S. The Hall–Kier alpha value is -2.82. The van der Waals surface area contributed by atoms with Crippen LogP contribution in [0, 0.1) is 5.82 Å². The summed E-state index contributed by atoms with van der Waals surface area (Å²) in [5.41, 5.74) is 2.40. The molecule has 0 atom stereocenters. The number of imidazole rings is 1. The summed E-state index contributed by atoms with van der Waals surface area (Å²) >= 11 is 0. The number of rotatable bonds is 9. The van der Waals surface area contributed by atoms with Crippen LogP contribution >= 0.6 is 0 Å². The molecule has 0 aliphatic carbocycles. The molecule has 1 aromatic heterocycles. The fraction of sp³-hybridized carbons (Fsp3) is 0.417. The van der Waals surface area contributed by atoms with Crippen molar-refractivity contribution < 1.29 is 22.3 Å². The van der Waals surface area contributed by atoms with Gasteiger partial charge in [-0.1, -0.05) is 12.1 Å². The quantitative estimate of drug-likeness (QED) is 0.500. The number of benzene rings is 2. The van der Waals surface area contributed by atoms with Crippen molar-refractivity contribution in [2.24, 2.45) is 0 Å². The molecule has 8 nitrogen and oxygen atoms in total. The molecule has 0 bridgehead atoms. The average Bonchev–Trinajstić information content (AvgIpc) is 3.21. The van der Waals surface area contributed by atoms with Crippen molar-refractivity contribution in [3.05, 3.63) is 59.7 Å². The summed E-state index contributed by atoms with van der Waals surface area (Å²) in [7, 11) is -3.61. The second-order valence-corrected chi connectivity index (χ2v) is 10.1. The van der Waals surface area contributed by atoms with Gasteiger partial charge in [-0.05, 0) is 49.2 Å². The number of aryl methyl sites for hydroxylation is 2. The van der Waals surface area contributed by atoms with Crippen molar-refractivity contribution in [3.63, 3.8) is 0 Å². The third-order valence-corrected chi connectivity index (χ3v) is 7.84. The van der Waals surface area contributed by atoms with Gasteiger partial charge in [0.2, 0.25) is 15.9 Å². The van der Waals surface area contributed by atoms with Gasteiger partial charge < -0.3 is 14.6 Å². The van der Waals surface area contributed by atoms with Crippen LogP contribution in [0.25, 0.3) is 11.0 Å². The van der Waals surface area contributed by atoms with Gasteiger partial charge in [-0.25, -0.2) is 17.8 Å². The second kappa shape index (κ2) is 10.6. The molecule has 1 amide bonds. The molecule has 1 aliphatic rings. The number of hydrogen-bond acceptors (Lipinski definition) is 5. The maximum absolute atomic E-state index is 13.0. The Morgan fingerprint density at radius 2 is 1.85 bits per heavy atom. The summed E-state index contributed by atoms with van der Waals surface area (Å²) < 4.78 is 47.7. The number of halogens is 1. The van der Waals surface area contributed by atoms with Crippen LogP contribution in [0.1, 0.15) is 24.7 Å². The van der Waals surface area contributed by atoms with Crippen molar-refractivity contribution in [2.45, 2.75) is 37.6 Å². The summed E-state index contributed by atoms with van der Waals surface area (Å²) in [6.45, 7) is 4.58. The summed E-state index contributed by atoms with van der Waals surface area (Å²) in [5, 5.41) is 2.89. The number of nitrogens with zero attached hydrogens (tertiary/aromatic N) is 3. The number of morpholine rings is 1. The predicted molar refractivity (Wildman–Crippen MR) is 126 cm³/mol. The highest BCUT2D eigenvalue weighted by Crippen LogP contribution is 2.24. The zero-order valence-electron chi connectivity index (χ0n) is 19.2. The number of sulfonamides is 1. The third-order valence-electron chi connectivity index (χ3n) is 5.95. The van der Waals surface area contributed by atoms with E-state index in [9.17, 15) is 17.6 Å². The van der Waals surface area contributed by atoms with Gasteiger partial charge in [0, 0.05) is 39.0 Å². The first-order valence-electron chi connectivity index (χ1n) is 11.5. The molecular weight excluding hydrogens is 459 g/mol. The predicted octanol–water partition coefficient (Wildman–Crippen LogP) is 2.51. The monoisotopic (exact) mass is 488 g/mol. The molecule has 1 aliphatic heterocycles. The van der Waals surface area contributed by atoms with Crippen LogP contribution < -0.4 is 5.32 Å². The molecule has 0 unspecified atom stereocenters. The molecule has 3 aromatic rings. The van der Waals surface area contributed by atoms with Gasteiger partial charge in [0.15, 0.2) is 0 Å². The normalized spacial score (nSPS) is 15.0. The van der Waals surface area contributed by atoms with Gasteiger partial charge in [0.25, 0.3) is 0 Å². The number of amides is 1. The first-order chi connectivity index (χ1) is 16.4. The van der Waals surface area contributed by atoms with Gasteiger partial charge in [-0.3, -0.25) is 4.79 Å². The first-order valence-corrected chi connectivity index (χ1v) is 12.9. The van der Waals surface area contributed by atoms with Gasteiger partial charge in [-0.2, -0.15) is 4.31 Å². The maximum Gasteiger partial charge on any atom is 0.243 e.